The zero-order valence-electron chi connectivity index (χ0n) is 10.4. The number of alkyl halides is 1. The lowest BCUT2D eigenvalue weighted by Gasteiger charge is -2.07. The van der Waals surface area contributed by atoms with Crippen LogP contribution in [0.1, 0.15) is 26.3 Å². The first-order valence-corrected chi connectivity index (χ1v) is 6.34. The van der Waals surface area contributed by atoms with E-state index in [0.29, 0.717) is 18.0 Å². The van der Waals surface area contributed by atoms with Crippen molar-refractivity contribution in [3.8, 4) is 0 Å². The zero-order chi connectivity index (χ0) is 13.1. The van der Waals surface area contributed by atoms with E-state index in [2.05, 4.69) is 15.4 Å². The number of hydrogen-bond acceptors (Lipinski definition) is 3. The Balaban J connectivity index is 2.26. The van der Waals surface area contributed by atoms with E-state index in [1.165, 1.54) is 0 Å². The van der Waals surface area contributed by atoms with E-state index < -0.39 is 0 Å². The topological polar surface area (TPSA) is 59.8 Å². The van der Waals surface area contributed by atoms with Crippen LogP contribution in [0.5, 0.6) is 0 Å². The predicted octanol–water partition coefficient (Wildman–Crippen LogP) is 2.58. The molecule has 0 bridgehead atoms. The van der Waals surface area contributed by atoms with Crippen LogP contribution in [0.2, 0.25) is 0 Å². The summed E-state index contributed by atoms with van der Waals surface area (Å²) in [7, 11) is 0. The minimum absolute atomic E-state index is 0.109. The molecule has 96 valence electrons. The van der Waals surface area contributed by atoms with Gasteiger partial charge < -0.3 is 5.32 Å². The van der Waals surface area contributed by atoms with E-state index >= 15 is 0 Å². The number of aromatic nitrogens is 3. The zero-order valence-corrected chi connectivity index (χ0v) is 11.1. The average molecular weight is 267 g/mol. The molecule has 0 spiro atoms. The monoisotopic (exact) mass is 266 g/mol. The maximum absolute atomic E-state index is 11.4. The van der Waals surface area contributed by atoms with Gasteiger partial charge in [-0.05, 0) is 19.9 Å². The third kappa shape index (κ3) is 2.61. The van der Waals surface area contributed by atoms with Crippen LogP contribution in [0.15, 0.2) is 18.5 Å². The third-order valence-electron chi connectivity index (χ3n) is 2.53. The molecule has 0 saturated carbocycles. The predicted molar refractivity (Wildman–Crippen MR) is 71.9 cm³/mol. The van der Waals surface area contributed by atoms with Gasteiger partial charge in [0.25, 0.3) is 0 Å². The summed E-state index contributed by atoms with van der Waals surface area (Å²) in [5, 5.41) is 7.93. The van der Waals surface area contributed by atoms with Gasteiger partial charge in [0.1, 0.15) is 0 Å². The summed E-state index contributed by atoms with van der Waals surface area (Å²) in [6.45, 7) is 4.09. The van der Waals surface area contributed by atoms with Crippen molar-refractivity contribution >= 4 is 34.2 Å². The van der Waals surface area contributed by atoms with Crippen molar-refractivity contribution in [3.05, 3.63) is 18.5 Å². The summed E-state index contributed by atoms with van der Waals surface area (Å²) in [5.74, 6) is 0.203. The molecule has 1 N–H and O–H groups in total. The van der Waals surface area contributed by atoms with Gasteiger partial charge >= 0.3 is 0 Å². The Morgan fingerprint density at radius 3 is 2.94 bits per heavy atom. The van der Waals surface area contributed by atoms with Crippen LogP contribution in [0, 0.1) is 0 Å². The summed E-state index contributed by atoms with van der Waals surface area (Å²) in [5.41, 5.74) is 1.49. The fourth-order valence-electron chi connectivity index (χ4n) is 1.70. The molecule has 6 heteroatoms. The number of amides is 1. The number of nitrogens with one attached hydrogen (secondary N) is 1. The average Bonchev–Trinajstić information content (AvgIpc) is 2.72. The van der Waals surface area contributed by atoms with Crippen LogP contribution < -0.4 is 5.32 Å². The maximum atomic E-state index is 11.4. The van der Waals surface area contributed by atoms with Crippen molar-refractivity contribution in [3.63, 3.8) is 0 Å². The molecule has 0 aromatic carbocycles. The van der Waals surface area contributed by atoms with Gasteiger partial charge in [0.15, 0.2) is 5.65 Å². The van der Waals surface area contributed by atoms with Gasteiger partial charge in [0, 0.05) is 23.7 Å². The lowest BCUT2D eigenvalue weighted by molar-refractivity contribution is -0.115. The fourth-order valence-corrected chi connectivity index (χ4v) is 1.87. The molecule has 0 atom stereocenters. The molecule has 0 aliphatic carbocycles. The van der Waals surface area contributed by atoms with E-state index in [1.54, 1.807) is 12.4 Å². The Morgan fingerprint density at radius 1 is 1.50 bits per heavy atom. The largest absolute Gasteiger partial charge is 0.325 e. The Kier molecular flexibility index (Phi) is 3.81. The molecule has 0 unspecified atom stereocenters. The van der Waals surface area contributed by atoms with Crippen molar-refractivity contribution in [1.29, 1.82) is 0 Å². The van der Waals surface area contributed by atoms with Gasteiger partial charge in [0.2, 0.25) is 5.91 Å². The van der Waals surface area contributed by atoms with E-state index in [4.69, 9.17) is 11.6 Å². The van der Waals surface area contributed by atoms with Crippen molar-refractivity contribution in [2.75, 3.05) is 11.2 Å². The molecule has 5 nitrogen and oxygen atoms in total. The number of carbonyl (C=O) groups is 1. The minimum atomic E-state index is -0.109. The van der Waals surface area contributed by atoms with Gasteiger partial charge in [-0.3, -0.25) is 4.79 Å². The highest BCUT2D eigenvalue weighted by Crippen LogP contribution is 2.19. The second-order valence-electron chi connectivity index (χ2n) is 4.31. The van der Waals surface area contributed by atoms with E-state index in [1.807, 2.05) is 24.6 Å². The molecule has 0 fully saturated rings. The number of rotatable bonds is 4. The SMILES string of the molecule is CC(C)n1ncc2cc(NC(=O)CCCl)cnc21. The second kappa shape index (κ2) is 5.35. The number of nitrogens with zero attached hydrogens (tertiary/aromatic N) is 3. The van der Waals surface area contributed by atoms with Crippen molar-refractivity contribution in [2.24, 2.45) is 0 Å². The molecule has 18 heavy (non-hydrogen) atoms. The summed E-state index contributed by atoms with van der Waals surface area (Å²) < 4.78 is 1.85. The molecule has 1 amide bonds. The quantitative estimate of drug-likeness (QED) is 0.866. The highest BCUT2D eigenvalue weighted by Gasteiger charge is 2.08. The number of anilines is 1. The molecule has 2 aromatic heterocycles. The number of pyridine rings is 1. The van der Waals surface area contributed by atoms with Gasteiger partial charge in [-0.1, -0.05) is 0 Å². The number of halogens is 1. The fraction of sp³-hybridized carbons (Fsp3) is 0.417. The Morgan fingerprint density at radius 2 is 2.28 bits per heavy atom. The van der Waals surface area contributed by atoms with Crippen LogP contribution in [-0.2, 0) is 4.79 Å². The van der Waals surface area contributed by atoms with Crippen molar-refractivity contribution < 1.29 is 4.79 Å². The molecule has 2 heterocycles. The Hall–Kier alpha value is -1.62. The lowest BCUT2D eigenvalue weighted by atomic mass is 10.3. The molecular weight excluding hydrogens is 252 g/mol. The first-order valence-electron chi connectivity index (χ1n) is 5.81. The summed E-state index contributed by atoms with van der Waals surface area (Å²) >= 11 is 5.51. The number of carbonyl (C=O) groups excluding carboxylic acids is 1. The number of hydrogen-bond donors (Lipinski definition) is 1. The highest BCUT2D eigenvalue weighted by molar-refractivity contribution is 6.19. The van der Waals surface area contributed by atoms with E-state index in [9.17, 15) is 4.79 Å². The summed E-state index contributed by atoms with van der Waals surface area (Å²) in [6.07, 6.45) is 3.68. The van der Waals surface area contributed by atoms with E-state index in [0.717, 1.165) is 11.0 Å². The smallest absolute Gasteiger partial charge is 0.225 e. The van der Waals surface area contributed by atoms with Gasteiger partial charge in [-0.15, -0.1) is 11.6 Å². The molecule has 2 rings (SSSR count). The third-order valence-corrected chi connectivity index (χ3v) is 2.72. The van der Waals surface area contributed by atoms with Crippen LogP contribution in [-0.4, -0.2) is 26.6 Å². The molecule has 0 radical (unpaired) electrons. The second-order valence-corrected chi connectivity index (χ2v) is 4.68. The van der Waals surface area contributed by atoms with Crippen LogP contribution in [0.4, 0.5) is 5.69 Å². The van der Waals surface area contributed by atoms with Gasteiger partial charge in [0.05, 0.1) is 18.1 Å². The summed E-state index contributed by atoms with van der Waals surface area (Å²) in [4.78, 5) is 15.7. The first kappa shape index (κ1) is 12.8. The Bertz CT molecular complexity index is 564. The minimum Gasteiger partial charge on any atom is -0.325 e. The summed E-state index contributed by atoms with van der Waals surface area (Å²) in [6, 6.07) is 2.12. The van der Waals surface area contributed by atoms with Crippen molar-refractivity contribution in [2.45, 2.75) is 26.3 Å². The van der Waals surface area contributed by atoms with Crippen LogP contribution in [0.25, 0.3) is 11.0 Å². The van der Waals surface area contributed by atoms with E-state index in [-0.39, 0.29) is 11.9 Å². The van der Waals surface area contributed by atoms with Gasteiger partial charge in [-0.25, -0.2) is 9.67 Å². The normalized spacial score (nSPS) is 11.1. The molecule has 2 aromatic rings. The molecular formula is C12H15ClN4O. The Labute approximate surface area is 110 Å². The van der Waals surface area contributed by atoms with Gasteiger partial charge in [-0.2, -0.15) is 5.10 Å². The van der Waals surface area contributed by atoms with Crippen LogP contribution >= 0.6 is 11.6 Å². The molecule has 0 aliphatic rings. The lowest BCUT2D eigenvalue weighted by Crippen LogP contribution is -2.12. The molecule has 0 aliphatic heterocycles. The standard InChI is InChI=1S/C12H15ClN4O/c1-8(2)17-12-9(6-15-17)5-10(7-14-12)16-11(18)3-4-13/h5-8H,3-4H2,1-2H3,(H,16,18). The first-order chi connectivity index (χ1) is 8.61. The maximum Gasteiger partial charge on any atom is 0.225 e. The van der Waals surface area contributed by atoms with Crippen molar-refractivity contribution in [1.82, 2.24) is 14.8 Å². The highest BCUT2D eigenvalue weighted by atomic mass is 35.5. The van der Waals surface area contributed by atoms with Crippen LogP contribution in [0.3, 0.4) is 0 Å². The molecule has 0 saturated heterocycles. The number of fused-ring (bicyclic) bond motifs is 1.